The largest absolute Gasteiger partial charge is 0.494 e. The molecule has 0 aliphatic carbocycles. The lowest BCUT2D eigenvalue weighted by molar-refractivity contribution is -0.162. The molecule has 0 spiro atoms. The number of carbonyl (C=O) groups is 2. The zero-order valence-corrected chi connectivity index (χ0v) is 23.9. The predicted octanol–water partition coefficient (Wildman–Crippen LogP) is 7.97. The molecular weight excluding hydrogens is 462 g/mol. The van der Waals surface area contributed by atoms with Crippen molar-refractivity contribution in [3.05, 3.63) is 35.9 Å². The van der Waals surface area contributed by atoms with Crippen molar-refractivity contribution in [2.45, 2.75) is 117 Å². The maximum Gasteiger partial charge on any atom is 0.311 e. The van der Waals surface area contributed by atoms with Crippen LogP contribution in [0.4, 0.5) is 0 Å². The summed E-state index contributed by atoms with van der Waals surface area (Å²) in [7, 11) is 0. The van der Waals surface area contributed by atoms with Gasteiger partial charge >= 0.3 is 5.97 Å². The van der Waals surface area contributed by atoms with Gasteiger partial charge in [-0.25, -0.2) is 0 Å². The van der Waals surface area contributed by atoms with Crippen molar-refractivity contribution in [2.24, 2.45) is 5.41 Å². The number of nitrogens with zero attached hydrogens (tertiary/aromatic N) is 1. The van der Waals surface area contributed by atoms with Crippen LogP contribution in [-0.2, 0) is 14.3 Å². The molecule has 0 unspecified atom stereocenters. The van der Waals surface area contributed by atoms with E-state index in [1.165, 1.54) is 57.8 Å². The van der Waals surface area contributed by atoms with E-state index in [2.05, 4.69) is 6.92 Å². The number of benzene rings is 1. The number of amides is 1. The lowest BCUT2D eigenvalue weighted by atomic mass is 9.90. The second-order valence-corrected chi connectivity index (χ2v) is 11.1. The van der Waals surface area contributed by atoms with E-state index >= 15 is 0 Å². The Morgan fingerprint density at radius 1 is 0.892 bits per heavy atom. The molecule has 1 saturated heterocycles. The number of rotatable bonds is 17. The average molecular weight is 514 g/mol. The highest BCUT2D eigenvalue weighted by Gasteiger charge is 2.31. The van der Waals surface area contributed by atoms with Gasteiger partial charge in [-0.15, -0.1) is 0 Å². The first-order valence-corrected chi connectivity index (χ1v) is 14.8. The number of carbonyl (C=O) groups excluding carboxylic acids is 2. The fraction of sp³-hybridized carbons (Fsp3) is 0.688. The van der Waals surface area contributed by atoms with Crippen LogP contribution in [-0.4, -0.2) is 42.6 Å². The van der Waals surface area contributed by atoms with E-state index in [9.17, 15) is 9.59 Å². The summed E-state index contributed by atoms with van der Waals surface area (Å²) < 4.78 is 11.6. The maximum atomic E-state index is 12.6. The molecule has 0 radical (unpaired) electrons. The Balaban J connectivity index is 1.59. The summed E-state index contributed by atoms with van der Waals surface area (Å²) in [4.78, 5) is 26.7. The lowest BCUT2D eigenvalue weighted by Crippen LogP contribution is -2.42. The highest BCUT2D eigenvalue weighted by molar-refractivity contribution is 5.91. The number of unbranched alkanes of at least 4 members (excludes halogenated alkanes) is 9. The average Bonchev–Trinajstić information content (AvgIpc) is 2.91. The van der Waals surface area contributed by atoms with Crippen molar-refractivity contribution in [3.8, 4) is 5.75 Å². The molecule has 0 saturated carbocycles. The molecule has 0 aromatic heterocycles. The van der Waals surface area contributed by atoms with Gasteiger partial charge in [0.05, 0.1) is 12.0 Å². The molecular formula is C32H51NO4. The molecule has 1 aliphatic heterocycles. The van der Waals surface area contributed by atoms with Crippen molar-refractivity contribution in [3.63, 3.8) is 0 Å². The van der Waals surface area contributed by atoms with E-state index in [4.69, 9.17) is 9.47 Å². The van der Waals surface area contributed by atoms with Gasteiger partial charge in [0.1, 0.15) is 11.9 Å². The van der Waals surface area contributed by atoms with Gasteiger partial charge in [-0.05, 0) is 50.5 Å². The molecule has 5 nitrogen and oxygen atoms in total. The van der Waals surface area contributed by atoms with E-state index in [0.29, 0.717) is 25.9 Å². The monoisotopic (exact) mass is 513 g/mol. The van der Waals surface area contributed by atoms with Gasteiger partial charge in [0.15, 0.2) is 0 Å². The highest BCUT2D eigenvalue weighted by Crippen LogP contribution is 2.25. The molecule has 5 heteroatoms. The van der Waals surface area contributed by atoms with Gasteiger partial charge < -0.3 is 14.4 Å². The van der Waals surface area contributed by atoms with Crippen molar-refractivity contribution in [2.75, 3.05) is 19.7 Å². The van der Waals surface area contributed by atoms with E-state index < -0.39 is 5.41 Å². The summed E-state index contributed by atoms with van der Waals surface area (Å²) >= 11 is 0. The van der Waals surface area contributed by atoms with Crippen molar-refractivity contribution in [1.29, 1.82) is 0 Å². The molecule has 1 aromatic rings. The van der Waals surface area contributed by atoms with Gasteiger partial charge in [-0.3, -0.25) is 9.59 Å². The summed E-state index contributed by atoms with van der Waals surface area (Å²) in [6.07, 6.45) is 18.7. The Labute approximate surface area is 226 Å². The number of hydrogen-bond donors (Lipinski definition) is 0. The van der Waals surface area contributed by atoms with Crippen molar-refractivity contribution < 1.29 is 19.1 Å². The van der Waals surface area contributed by atoms with Crippen LogP contribution in [0.25, 0.3) is 6.08 Å². The van der Waals surface area contributed by atoms with Gasteiger partial charge in [0.25, 0.3) is 0 Å². The zero-order valence-electron chi connectivity index (χ0n) is 23.9. The molecule has 1 aromatic carbocycles. The number of ether oxygens (including phenoxy) is 2. The SMILES string of the molecule is CCCCCCCCCCCCOc1ccc(/C=C/C(=O)N2CCC(OC(=O)C(C)(C)CC)CC2)cc1. The number of piperidine rings is 1. The van der Waals surface area contributed by atoms with E-state index in [0.717, 1.165) is 30.8 Å². The molecule has 0 N–H and O–H groups in total. The Hall–Kier alpha value is -2.30. The topological polar surface area (TPSA) is 55.8 Å². The molecule has 2 rings (SSSR count). The maximum absolute atomic E-state index is 12.6. The summed E-state index contributed by atoms with van der Waals surface area (Å²) in [5.74, 6) is 0.734. The van der Waals surface area contributed by atoms with E-state index in [1.807, 2.05) is 56.0 Å². The molecule has 1 fully saturated rings. The van der Waals surface area contributed by atoms with Gasteiger partial charge in [0, 0.05) is 32.0 Å². The Morgan fingerprint density at radius 2 is 1.46 bits per heavy atom. The normalized spacial score (nSPS) is 14.8. The highest BCUT2D eigenvalue weighted by atomic mass is 16.5. The quantitative estimate of drug-likeness (QED) is 0.120. The molecule has 1 amide bonds. The predicted molar refractivity (Wildman–Crippen MR) is 153 cm³/mol. The first-order valence-electron chi connectivity index (χ1n) is 14.8. The third-order valence-electron chi connectivity index (χ3n) is 7.53. The van der Waals surface area contributed by atoms with Crippen LogP contribution in [0, 0.1) is 5.41 Å². The van der Waals surface area contributed by atoms with E-state index in [-0.39, 0.29) is 18.0 Å². The van der Waals surface area contributed by atoms with Crippen molar-refractivity contribution in [1.82, 2.24) is 4.90 Å². The second-order valence-electron chi connectivity index (χ2n) is 11.1. The standard InChI is InChI=1S/C32H51NO4/c1-5-7-8-9-10-11-12-13-14-15-26-36-28-19-16-27(17-20-28)18-21-30(34)33-24-22-29(23-25-33)37-31(35)32(3,4)6-2/h16-21,29H,5-15,22-26H2,1-4H3/b21-18+. The molecule has 1 aliphatic rings. The van der Waals surface area contributed by atoms with Crippen molar-refractivity contribution >= 4 is 18.0 Å². The third-order valence-corrected chi connectivity index (χ3v) is 7.53. The second kappa shape index (κ2) is 17.3. The summed E-state index contributed by atoms with van der Waals surface area (Å²) in [5, 5.41) is 0. The molecule has 0 atom stereocenters. The fourth-order valence-corrected chi connectivity index (χ4v) is 4.38. The van der Waals surface area contributed by atoms with Crippen LogP contribution < -0.4 is 4.74 Å². The Bertz CT molecular complexity index is 807. The molecule has 37 heavy (non-hydrogen) atoms. The zero-order chi connectivity index (χ0) is 26.9. The van der Waals surface area contributed by atoms with Crippen LogP contribution in [0.15, 0.2) is 30.3 Å². The number of esters is 1. The van der Waals surface area contributed by atoms with Crippen LogP contribution in [0.5, 0.6) is 5.75 Å². The minimum Gasteiger partial charge on any atom is -0.494 e. The number of hydrogen-bond acceptors (Lipinski definition) is 4. The summed E-state index contributed by atoms with van der Waals surface area (Å²) in [5.41, 5.74) is 0.522. The van der Waals surface area contributed by atoms with Gasteiger partial charge in [-0.2, -0.15) is 0 Å². The Morgan fingerprint density at radius 3 is 2.03 bits per heavy atom. The van der Waals surface area contributed by atoms with Crippen LogP contribution in [0.1, 0.15) is 117 Å². The smallest absolute Gasteiger partial charge is 0.311 e. The van der Waals surface area contributed by atoms with Gasteiger partial charge in [0.2, 0.25) is 5.91 Å². The summed E-state index contributed by atoms with van der Waals surface area (Å²) in [6, 6.07) is 7.91. The third kappa shape index (κ3) is 12.2. The molecule has 208 valence electrons. The van der Waals surface area contributed by atoms with Crippen LogP contribution in [0.2, 0.25) is 0 Å². The minimum absolute atomic E-state index is 0.0000458. The first kappa shape index (κ1) is 30.9. The minimum atomic E-state index is -0.455. The van der Waals surface area contributed by atoms with E-state index in [1.54, 1.807) is 6.08 Å². The van der Waals surface area contributed by atoms with Crippen LogP contribution >= 0.6 is 0 Å². The summed E-state index contributed by atoms with van der Waals surface area (Å²) in [6.45, 7) is 10.1. The fourth-order valence-electron chi connectivity index (χ4n) is 4.38. The Kier molecular flexibility index (Phi) is 14.4. The molecule has 1 heterocycles. The number of likely N-dealkylation sites (tertiary alicyclic amines) is 1. The van der Waals surface area contributed by atoms with Crippen LogP contribution in [0.3, 0.4) is 0 Å². The van der Waals surface area contributed by atoms with Gasteiger partial charge in [-0.1, -0.05) is 83.8 Å². The lowest BCUT2D eigenvalue weighted by Gasteiger charge is -2.33. The molecule has 0 bridgehead atoms. The first-order chi connectivity index (χ1) is 17.9.